The van der Waals surface area contributed by atoms with E-state index >= 15 is 0 Å². The van der Waals surface area contributed by atoms with Gasteiger partial charge in [0.25, 0.3) is 0 Å². The molecule has 0 unspecified atom stereocenters. The number of likely N-dealkylation sites (N-methyl/N-ethyl adjacent to an activating group) is 1. The van der Waals surface area contributed by atoms with E-state index in [4.69, 9.17) is 16.3 Å². The number of thioether (sulfide) groups is 1. The second kappa shape index (κ2) is 11.0. The number of rotatable bonds is 9. The van der Waals surface area contributed by atoms with Crippen LogP contribution < -0.4 is 10.1 Å². The van der Waals surface area contributed by atoms with E-state index in [-0.39, 0.29) is 24.1 Å². The third kappa shape index (κ3) is 5.80. The van der Waals surface area contributed by atoms with Crippen LogP contribution in [0.15, 0.2) is 53.7 Å². The third-order valence-electron chi connectivity index (χ3n) is 4.66. The second-order valence-electron chi connectivity index (χ2n) is 6.85. The summed E-state index contributed by atoms with van der Waals surface area (Å²) in [6, 6.07) is 14.5. The summed E-state index contributed by atoms with van der Waals surface area (Å²) < 4.78 is 7.14. The van der Waals surface area contributed by atoms with E-state index in [2.05, 4.69) is 15.5 Å². The molecule has 2 amide bonds. The van der Waals surface area contributed by atoms with E-state index in [0.717, 1.165) is 17.1 Å². The predicted octanol–water partition coefficient (Wildman–Crippen LogP) is 3.82. The van der Waals surface area contributed by atoms with Gasteiger partial charge in [0.2, 0.25) is 11.8 Å². The summed E-state index contributed by atoms with van der Waals surface area (Å²) in [5, 5.41) is 12.3. The first-order valence-corrected chi connectivity index (χ1v) is 11.3. The number of anilines is 1. The lowest BCUT2D eigenvalue weighted by Gasteiger charge is -2.17. The number of halogens is 1. The van der Waals surface area contributed by atoms with E-state index in [9.17, 15) is 9.59 Å². The molecular weight excluding hydrogens is 450 g/mol. The predicted molar refractivity (Wildman–Crippen MR) is 126 cm³/mol. The topological polar surface area (TPSA) is 89.4 Å². The fourth-order valence-corrected chi connectivity index (χ4v) is 4.05. The number of hydrogen-bond acceptors (Lipinski definition) is 6. The van der Waals surface area contributed by atoms with E-state index < -0.39 is 0 Å². The van der Waals surface area contributed by atoms with Gasteiger partial charge in [0.1, 0.15) is 5.75 Å². The lowest BCUT2D eigenvalue weighted by molar-refractivity contribution is -0.131. The molecule has 32 heavy (non-hydrogen) atoms. The first-order valence-electron chi connectivity index (χ1n) is 9.91. The van der Waals surface area contributed by atoms with Crippen molar-refractivity contribution in [3.8, 4) is 17.1 Å². The third-order valence-corrected chi connectivity index (χ3v) is 5.94. The Morgan fingerprint density at radius 3 is 2.53 bits per heavy atom. The summed E-state index contributed by atoms with van der Waals surface area (Å²) >= 11 is 7.34. The molecule has 1 aromatic heterocycles. The molecule has 0 aliphatic carbocycles. The van der Waals surface area contributed by atoms with Gasteiger partial charge in [0.05, 0.1) is 30.1 Å². The van der Waals surface area contributed by atoms with Crippen molar-refractivity contribution in [1.29, 1.82) is 0 Å². The minimum atomic E-state index is -0.322. The van der Waals surface area contributed by atoms with Crippen molar-refractivity contribution >= 4 is 40.9 Å². The highest BCUT2D eigenvalue weighted by atomic mass is 35.5. The molecule has 168 valence electrons. The first-order chi connectivity index (χ1) is 15.4. The van der Waals surface area contributed by atoms with Crippen molar-refractivity contribution in [3.63, 3.8) is 0 Å². The lowest BCUT2D eigenvalue weighted by atomic mass is 10.2. The molecule has 0 radical (unpaired) electrons. The van der Waals surface area contributed by atoms with Crippen LogP contribution in [-0.4, -0.2) is 57.9 Å². The largest absolute Gasteiger partial charge is 0.497 e. The van der Waals surface area contributed by atoms with Crippen molar-refractivity contribution in [3.05, 3.63) is 53.6 Å². The Labute approximate surface area is 195 Å². The summed E-state index contributed by atoms with van der Waals surface area (Å²) in [7, 11) is 3.20. The number of benzene rings is 2. The summed E-state index contributed by atoms with van der Waals surface area (Å²) in [6.45, 7) is 2.57. The molecular formula is C22H24ClN5O3S. The smallest absolute Gasteiger partial charge is 0.244 e. The number of nitrogens with zero attached hydrogens (tertiary/aromatic N) is 4. The molecule has 0 bridgehead atoms. The first kappa shape index (κ1) is 23.6. The van der Waals surface area contributed by atoms with Crippen molar-refractivity contribution < 1.29 is 14.3 Å². The average Bonchev–Trinajstić information content (AvgIpc) is 3.21. The number of carbonyl (C=O) groups excluding carboxylic acids is 2. The van der Waals surface area contributed by atoms with Crippen LogP contribution >= 0.6 is 23.4 Å². The number of amides is 2. The van der Waals surface area contributed by atoms with E-state index in [0.29, 0.717) is 22.4 Å². The highest BCUT2D eigenvalue weighted by Gasteiger charge is 2.18. The van der Waals surface area contributed by atoms with Gasteiger partial charge < -0.3 is 19.5 Å². The van der Waals surface area contributed by atoms with Gasteiger partial charge >= 0.3 is 0 Å². The summed E-state index contributed by atoms with van der Waals surface area (Å²) in [6.07, 6.45) is 0. The Kier molecular flexibility index (Phi) is 8.13. The van der Waals surface area contributed by atoms with Crippen LogP contribution in [0.5, 0.6) is 5.75 Å². The van der Waals surface area contributed by atoms with E-state index in [1.807, 2.05) is 35.8 Å². The van der Waals surface area contributed by atoms with Crippen LogP contribution in [0.4, 0.5) is 5.69 Å². The van der Waals surface area contributed by atoms with Gasteiger partial charge in [-0.25, -0.2) is 0 Å². The number of carbonyl (C=O) groups is 2. The van der Waals surface area contributed by atoms with Crippen LogP contribution in [-0.2, 0) is 16.1 Å². The molecule has 2 aromatic carbocycles. The maximum atomic E-state index is 12.5. The monoisotopic (exact) mass is 473 g/mol. The summed E-state index contributed by atoms with van der Waals surface area (Å²) in [5.74, 6) is 1.10. The number of aromatic nitrogens is 3. The second-order valence-corrected chi connectivity index (χ2v) is 8.20. The van der Waals surface area contributed by atoms with Gasteiger partial charge in [-0.15, -0.1) is 10.2 Å². The summed E-state index contributed by atoms with van der Waals surface area (Å²) in [4.78, 5) is 26.2. The van der Waals surface area contributed by atoms with Gasteiger partial charge in [0.15, 0.2) is 11.0 Å². The van der Waals surface area contributed by atoms with Crippen LogP contribution in [0.1, 0.15) is 6.92 Å². The number of nitrogens with one attached hydrogen (secondary N) is 1. The quantitative estimate of drug-likeness (QED) is 0.475. The maximum absolute atomic E-state index is 12.5. The van der Waals surface area contributed by atoms with Crippen LogP contribution in [0.2, 0.25) is 5.02 Å². The zero-order chi connectivity index (χ0) is 23.1. The van der Waals surface area contributed by atoms with E-state index in [1.54, 1.807) is 38.4 Å². The minimum absolute atomic E-state index is 0.0812. The fraction of sp³-hybridized carbons (Fsp3) is 0.273. The Morgan fingerprint density at radius 1 is 1.16 bits per heavy atom. The Morgan fingerprint density at radius 2 is 1.88 bits per heavy atom. The maximum Gasteiger partial charge on any atom is 0.244 e. The minimum Gasteiger partial charge on any atom is -0.497 e. The standard InChI is InChI=1S/C22H24ClN5O3S/c1-4-28-21(15-9-11-16(31-3)12-10-15)25-26-22(28)32-14-20(30)27(2)13-19(29)24-18-8-6-5-7-17(18)23/h5-12H,4,13-14H2,1-3H3,(H,24,29). The van der Waals surface area contributed by atoms with Crippen LogP contribution in [0, 0.1) is 0 Å². The zero-order valence-corrected chi connectivity index (χ0v) is 19.6. The van der Waals surface area contributed by atoms with Crippen LogP contribution in [0.3, 0.4) is 0 Å². The molecule has 0 spiro atoms. The number of hydrogen-bond donors (Lipinski definition) is 1. The molecule has 1 heterocycles. The van der Waals surface area contributed by atoms with Crippen molar-refractivity contribution in [1.82, 2.24) is 19.7 Å². The molecule has 1 N–H and O–H groups in total. The van der Waals surface area contributed by atoms with Gasteiger partial charge in [-0.1, -0.05) is 35.5 Å². The van der Waals surface area contributed by atoms with Gasteiger partial charge in [-0.2, -0.15) is 0 Å². The molecule has 0 saturated carbocycles. The molecule has 0 saturated heterocycles. The fourth-order valence-electron chi connectivity index (χ4n) is 2.93. The summed E-state index contributed by atoms with van der Waals surface area (Å²) in [5.41, 5.74) is 1.42. The zero-order valence-electron chi connectivity index (χ0n) is 18.0. The number of ether oxygens (including phenoxy) is 1. The molecule has 10 heteroatoms. The molecule has 0 aliphatic rings. The number of methoxy groups -OCH3 is 1. The molecule has 0 aliphatic heterocycles. The highest BCUT2D eigenvalue weighted by molar-refractivity contribution is 7.99. The highest BCUT2D eigenvalue weighted by Crippen LogP contribution is 2.26. The lowest BCUT2D eigenvalue weighted by Crippen LogP contribution is -2.36. The average molecular weight is 474 g/mol. The van der Waals surface area contributed by atoms with Crippen molar-refractivity contribution in [2.24, 2.45) is 0 Å². The van der Waals surface area contributed by atoms with Crippen molar-refractivity contribution in [2.75, 3.05) is 31.8 Å². The number of para-hydroxylation sites is 1. The molecule has 8 nitrogen and oxygen atoms in total. The Hall–Kier alpha value is -3.04. The molecule has 3 rings (SSSR count). The SMILES string of the molecule is CCn1c(SCC(=O)N(C)CC(=O)Nc2ccccc2Cl)nnc1-c1ccc(OC)cc1. The van der Waals surface area contributed by atoms with Gasteiger partial charge in [-0.3, -0.25) is 9.59 Å². The van der Waals surface area contributed by atoms with Crippen molar-refractivity contribution in [2.45, 2.75) is 18.6 Å². The van der Waals surface area contributed by atoms with E-state index in [1.165, 1.54) is 16.7 Å². The van der Waals surface area contributed by atoms with Crippen LogP contribution in [0.25, 0.3) is 11.4 Å². The molecule has 0 atom stereocenters. The van der Waals surface area contributed by atoms with Gasteiger partial charge in [0, 0.05) is 19.2 Å². The normalized spacial score (nSPS) is 10.6. The van der Waals surface area contributed by atoms with Gasteiger partial charge in [-0.05, 0) is 43.3 Å². The molecule has 3 aromatic rings. The Bertz CT molecular complexity index is 1090. The molecule has 0 fully saturated rings. The Balaban J connectivity index is 1.58.